The number of hydrogen-bond acceptors (Lipinski definition) is 3. The number of carbonyl (C=O) groups excluding carboxylic acids is 1. The molecule has 5 heteroatoms. The molecule has 0 heterocycles. The van der Waals surface area contributed by atoms with Gasteiger partial charge in [0, 0.05) is 23.7 Å². The average molecular weight is 367 g/mol. The Morgan fingerprint density at radius 1 is 0.885 bits per heavy atom. The summed E-state index contributed by atoms with van der Waals surface area (Å²) in [6.45, 7) is 0.523. The molecule has 0 aliphatic heterocycles. The molecule has 0 spiro atoms. The normalized spacial score (nSPS) is 10.2. The molecular formula is C21H19ClN2O2. The average Bonchev–Trinajstić information content (AvgIpc) is 2.66. The zero-order valence-electron chi connectivity index (χ0n) is 14.1. The van der Waals surface area contributed by atoms with Crippen LogP contribution in [0.5, 0.6) is 11.5 Å². The van der Waals surface area contributed by atoms with Crippen LogP contribution in [0.1, 0.15) is 6.42 Å². The number of benzene rings is 3. The fourth-order valence-electron chi connectivity index (χ4n) is 2.38. The van der Waals surface area contributed by atoms with Crippen molar-refractivity contribution >= 4 is 28.9 Å². The summed E-state index contributed by atoms with van der Waals surface area (Å²) in [4.78, 5) is 12.2. The summed E-state index contributed by atoms with van der Waals surface area (Å²) in [5.74, 6) is 1.24. The van der Waals surface area contributed by atoms with Gasteiger partial charge in [0.15, 0.2) is 5.75 Å². The zero-order chi connectivity index (χ0) is 18.2. The molecule has 0 aromatic heterocycles. The lowest BCUT2D eigenvalue weighted by atomic mass is 10.2. The van der Waals surface area contributed by atoms with E-state index in [9.17, 15) is 4.79 Å². The Bertz CT molecular complexity index is 851. The van der Waals surface area contributed by atoms with E-state index in [2.05, 4.69) is 10.6 Å². The first-order chi connectivity index (χ1) is 12.7. The molecule has 2 N–H and O–H groups in total. The van der Waals surface area contributed by atoms with Gasteiger partial charge in [-0.3, -0.25) is 4.79 Å². The molecule has 132 valence electrons. The van der Waals surface area contributed by atoms with E-state index in [0.29, 0.717) is 29.4 Å². The summed E-state index contributed by atoms with van der Waals surface area (Å²) in [6.07, 6.45) is 0.336. The third-order valence-corrected chi connectivity index (χ3v) is 3.91. The molecule has 3 rings (SSSR count). The molecule has 3 aromatic rings. The number of ether oxygens (including phenoxy) is 1. The molecule has 0 bridgehead atoms. The van der Waals surface area contributed by atoms with Crippen molar-refractivity contribution in [2.75, 3.05) is 17.2 Å². The number of para-hydroxylation sites is 3. The van der Waals surface area contributed by atoms with Gasteiger partial charge in [-0.2, -0.15) is 0 Å². The van der Waals surface area contributed by atoms with Crippen LogP contribution in [0.3, 0.4) is 0 Å². The second kappa shape index (κ2) is 8.92. The molecule has 3 aromatic carbocycles. The number of anilines is 2. The summed E-state index contributed by atoms with van der Waals surface area (Å²) in [7, 11) is 0. The molecule has 0 radical (unpaired) electrons. The van der Waals surface area contributed by atoms with Gasteiger partial charge in [-0.25, -0.2) is 0 Å². The predicted octanol–water partition coefficient (Wildman–Crippen LogP) is 5.57. The van der Waals surface area contributed by atoms with Crippen molar-refractivity contribution in [1.29, 1.82) is 0 Å². The summed E-state index contributed by atoms with van der Waals surface area (Å²) in [6, 6.07) is 24.2. The van der Waals surface area contributed by atoms with Crippen molar-refractivity contribution in [3.63, 3.8) is 0 Å². The van der Waals surface area contributed by atoms with Crippen molar-refractivity contribution in [3.05, 3.63) is 83.9 Å². The summed E-state index contributed by atoms with van der Waals surface area (Å²) >= 11 is 5.86. The first kappa shape index (κ1) is 17.8. The number of carbonyl (C=O) groups is 1. The van der Waals surface area contributed by atoms with E-state index in [1.807, 2.05) is 66.7 Å². The second-order valence-corrected chi connectivity index (χ2v) is 6.08. The SMILES string of the molecule is O=C(CCNc1ccc(Cl)cc1)Nc1ccccc1Oc1ccccc1. The lowest BCUT2D eigenvalue weighted by molar-refractivity contribution is -0.116. The van der Waals surface area contributed by atoms with E-state index < -0.39 is 0 Å². The highest BCUT2D eigenvalue weighted by Crippen LogP contribution is 2.29. The van der Waals surface area contributed by atoms with Gasteiger partial charge in [-0.05, 0) is 48.5 Å². The van der Waals surface area contributed by atoms with Crippen molar-refractivity contribution in [2.24, 2.45) is 0 Å². The van der Waals surface area contributed by atoms with Crippen LogP contribution in [0.15, 0.2) is 78.9 Å². The predicted molar refractivity (Wildman–Crippen MR) is 106 cm³/mol. The van der Waals surface area contributed by atoms with Crippen LogP contribution < -0.4 is 15.4 Å². The van der Waals surface area contributed by atoms with E-state index in [0.717, 1.165) is 11.4 Å². The fraction of sp³-hybridized carbons (Fsp3) is 0.0952. The largest absolute Gasteiger partial charge is 0.455 e. The minimum atomic E-state index is -0.0874. The number of hydrogen-bond donors (Lipinski definition) is 2. The Hall–Kier alpha value is -2.98. The zero-order valence-corrected chi connectivity index (χ0v) is 14.9. The molecule has 0 atom stereocenters. The van der Waals surface area contributed by atoms with Gasteiger partial charge in [-0.15, -0.1) is 0 Å². The van der Waals surface area contributed by atoms with Gasteiger partial charge in [-0.1, -0.05) is 41.9 Å². The van der Waals surface area contributed by atoms with Gasteiger partial charge in [0.25, 0.3) is 0 Å². The first-order valence-corrected chi connectivity index (χ1v) is 8.70. The highest BCUT2D eigenvalue weighted by atomic mass is 35.5. The number of nitrogens with one attached hydrogen (secondary N) is 2. The third kappa shape index (κ3) is 5.26. The lowest BCUT2D eigenvalue weighted by Gasteiger charge is -2.12. The van der Waals surface area contributed by atoms with Crippen LogP contribution in [-0.2, 0) is 4.79 Å². The molecule has 0 unspecified atom stereocenters. The maximum Gasteiger partial charge on any atom is 0.226 e. The molecule has 0 saturated heterocycles. The van der Waals surface area contributed by atoms with Gasteiger partial charge in [0.1, 0.15) is 5.75 Å². The van der Waals surface area contributed by atoms with Crippen LogP contribution >= 0.6 is 11.6 Å². The number of halogens is 1. The first-order valence-electron chi connectivity index (χ1n) is 8.32. The summed E-state index contributed by atoms with van der Waals surface area (Å²) < 4.78 is 5.85. The maximum atomic E-state index is 12.2. The van der Waals surface area contributed by atoms with Crippen LogP contribution in [-0.4, -0.2) is 12.5 Å². The Kier molecular flexibility index (Phi) is 6.12. The van der Waals surface area contributed by atoms with Gasteiger partial charge in [0.2, 0.25) is 5.91 Å². The maximum absolute atomic E-state index is 12.2. The monoisotopic (exact) mass is 366 g/mol. The van der Waals surface area contributed by atoms with Crippen molar-refractivity contribution in [2.45, 2.75) is 6.42 Å². The molecule has 0 saturated carbocycles. The van der Waals surface area contributed by atoms with Crippen molar-refractivity contribution < 1.29 is 9.53 Å². The quantitative estimate of drug-likeness (QED) is 0.574. The molecule has 4 nitrogen and oxygen atoms in total. The highest BCUT2D eigenvalue weighted by Gasteiger charge is 2.08. The van der Waals surface area contributed by atoms with Gasteiger partial charge in [0.05, 0.1) is 5.69 Å². The minimum Gasteiger partial charge on any atom is -0.455 e. The molecule has 1 amide bonds. The van der Waals surface area contributed by atoms with Crippen LogP contribution in [0.4, 0.5) is 11.4 Å². The molecule has 0 aliphatic rings. The van der Waals surface area contributed by atoms with E-state index in [4.69, 9.17) is 16.3 Å². The highest BCUT2D eigenvalue weighted by molar-refractivity contribution is 6.30. The number of rotatable bonds is 7. The smallest absolute Gasteiger partial charge is 0.226 e. The van der Waals surface area contributed by atoms with Gasteiger partial charge < -0.3 is 15.4 Å². The molecule has 26 heavy (non-hydrogen) atoms. The van der Waals surface area contributed by atoms with Crippen LogP contribution in [0.25, 0.3) is 0 Å². The minimum absolute atomic E-state index is 0.0874. The van der Waals surface area contributed by atoms with Gasteiger partial charge >= 0.3 is 0 Å². The standard InChI is InChI=1S/C21H19ClN2O2/c22-16-10-12-17(13-11-16)23-15-14-21(25)24-19-8-4-5-9-20(19)26-18-6-2-1-3-7-18/h1-13,23H,14-15H2,(H,24,25). The second-order valence-electron chi connectivity index (χ2n) is 5.64. The Balaban J connectivity index is 1.55. The van der Waals surface area contributed by atoms with Crippen molar-refractivity contribution in [3.8, 4) is 11.5 Å². The number of amides is 1. The fourth-order valence-corrected chi connectivity index (χ4v) is 2.50. The molecule has 0 fully saturated rings. The Labute approximate surface area is 157 Å². The Morgan fingerprint density at radius 3 is 2.35 bits per heavy atom. The van der Waals surface area contributed by atoms with E-state index >= 15 is 0 Å². The van der Waals surface area contributed by atoms with E-state index in [-0.39, 0.29) is 5.91 Å². The van der Waals surface area contributed by atoms with E-state index in [1.165, 1.54) is 0 Å². The van der Waals surface area contributed by atoms with Crippen molar-refractivity contribution in [1.82, 2.24) is 0 Å². The lowest BCUT2D eigenvalue weighted by Crippen LogP contribution is -2.16. The summed E-state index contributed by atoms with van der Waals surface area (Å²) in [5.41, 5.74) is 1.57. The summed E-state index contributed by atoms with van der Waals surface area (Å²) in [5, 5.41) is 6.78. The van der Waals surface area contributed by atoms with Crippen LogP contribution in [0, 0.1) is 0 Å². The third-order valence-electron chi connectivity index (χ3n) is 3.66. The van der Waals surface area contributed by atoms with Crippen LogP contribution in [0.2, 0.25) is 5.02 Å². The molecular weight excluding hydrogens is 348 g/mol. The molecule has 0 aliphatic carbocycles. The topological polar surface area (TPSA) is 50.4 Å². The Morgan fingerprint density at radius 2 is 1.58 bits per heavy atom. The van der Waals surface area contributed by atoms with E-state index in [1.54, 1.807) is 12.1 Å².